The van der Waals surface area contributed by atoms with E-state index in [1.54, 1.807) is 18.2 Å². The van der Waals surface area contributed by atoms with Crippen LogP contribution in [0.4, 0.5) is 0 Å². The molecule has 21 heavy (non-hydrogen) atoms. The molecule has 0 saturated heterocycles. The van der Waals surface area contributed by atoms with Gasteiger partial charge in [-0.15, -0.1) is 0 Å². The molecule has 0 aliphatic carbocycles. The van der Waals surface area contributed by atoms with E-state index in [4.69, 9.17) is 0 Å². The molecule has 110 valence electrons. The molecule has 2 rings (SSSR count). The van der Waals surface area contributed by atoms with E-state index < -0.39 is 0 Å². The van der Waals surface area contributed by atoms with Gasteiger partial charge in [0.05, 0.1) is 0 Å². The highest BCUT2D eigenvalue weighted by Crippen LogP contribution is 2.21. The summed E-state index contributed by atoms with van der Waals surface area (Å²) < 4.78 is 0. The Labute approximate surface area is 125 Å². The molecule has 2 aromatic rings. The maximum absolute atomic E-state index is 11.4. The summed E-state index contributed by atoms with van der Waals surface area (Å²) in [5, 5.41) is 9.95. The third-order valence-electron chi connectivity index (χ3n) is 3.63. The van der Waals surface area contributed by atoms with E-state index in [0.717, 1.165) is 12.1 Å². The summed E-state index contributed by atoms with van der Waals surface area (Å²) in [6, 6.07) is 13.3. The van der Waals surface area contributed by atoms with E-state index in [1.165, 1.54) is 18.1 Å². The zero-order chi connectivity index (χ0) is 15.4. The minimum atomic E-state index is 0.0119. The van der Waals surface area contributed by atoms with Crippen molar-refractivity contribution in [3.05, 3.63) is 64.7 Å². The maximum Gasteiger partial charge on any atom is 0.159 e. The van der Waals surface area contributed by atoms with Crippen LogP contribution in [0.5, 0.6) is 5.75 Å². The highest BCUT2D eigenvalue weighted by Gasteiger charge is 2.09. The Morgan fingerprint density at radius 3 is 2.43 bits per heavy atom. The predicted octanol–water partition coefficient (Wildman–Crippen LogP) is 3.54. The molecule has 3 nitrogen and oxygen atoms in total. The lowest BCUT2D eigenvalue weighted by Gasteiger charge is -2.19. The quantitative estimate of drug-likeness (QED) is 0.853. The Morgan fingerprint density at radius 1 is 1.10 bits per heavy atom. The maximum atomic E-state index is 11.4. The molecule has 1 N–H and O–H groups in total. The van der Waals surface area contributed by atoms with Crippen LogP contribution in [0.15, 0.2) is 42.5 Å². The van der Waals surface area contributed by atoms with Crippen molar-refractivity contribution in [1.82, 2.24) is 4.90 Å². The summed E-state index contributed by atoms with van der Waals surface area (Å²) in [6.45, 7) is 5.03. The van der Waals surface area contributed by atoms with E-state index in [-0.39, 0.29) is 11.5 Å². The van der Waals surface area contributed by atoms with Gasteiger partial charge in [-0.3, -0.25) is 9.69 Å². The number of phenolic OH excluding ortho intramolecular Hbond substituents is 1. The number of benzene rings is 2. The van der Waals surface area contributed by atoms with Gasteiger partial charge >= 0.3 is 0 Å². The van der Waals surface area contributed by atoms with Crippen molar-refractivity contribution in [3.63, 3.8) is 0 Å². The number of aryl methyl sites for hydroxylation is 1. The Balaban J connectivity index is 2.12. The number of aromatic hydroxyl groups is 1. The molecule has 0 atom stereocenters. The van der Waals surface area contributed by atoms with E-state index in [2.05, 4.69) is 24.0 Å². The lowest BCUT2D eigenvalue weighted by Crippen LogP contribution is -2.18. The van der Waals surface area contributed by atoms with Crippen molar-refractivity contribution in [2.45, 2.75) is 26.9 Å². The zero-order valence-corrected chi connectivity index (χ0v) is 12.8. The number of hydrogen-bond donors (Lipinski definition) is 1. The summed E-state index contributed by atoms with van der Waals surface area (Å²) in [4.78, 5) is 13.6. The fourth-order valence-electron chi connectivity index (χ4n) is 2.36. The van der Waals surface area contributed by atoms with Crippen LogP contribution in [-0.2, 0) is 13.1 Å². The highest BCUT2D eigenvalue weighted by molar-refractivity contribution is 5.94. The van der Waals surface area contributed by atoms with Crippen molar-refractivity contribution < 1.29 is 9.90 Å². The summed E-state index contributed by atoms with van der Waals surface area (Å²) in [5.74, 6) is 0.245. The molecule has 0 saturated carbocycles. The Morgan fingerprint density at radius 2 is 1.76 bits per heavy atom. The summed E-state index contributed by atoms with van der Waals surface area (Å²) in [6.07, 6.45) is 0. The van der Waals surface area contributed by atoms with Crippen molar-refractivity contribution in [1.29, 1.82) is 0 Å². The molecule has 0 unspecified atom stereocenters. The van der Waals surface area contributed by atoms with Crippen LogP contribution in [0.3, 0.4) is 0 Å². The van der Waals surface area contributed by atoms with Crippen LogP contribution in [0.2, 0.25) is 0 Å². The largest absolute Gasteiger partial charge is 0.508 e. The first-order chi connectivity index (χ1) is 9.97. The second-order valence-corrected chi connectivity index (χ2v) is 5.50. The average molecular weight is 283 g/mol. The van der Waals surface area contributed by atoms with Gasteiger partial charge in [0, 0.05) is 24.2 Å². The van der Waals surface area contributed by atoms with E-state index >= 15 is 0 Å². The summed E-state index contributed by atoms with van der Waals surface area (Å²) in [7, 11) is 2.01. The van der Waals surface area contributed by atoms with Gasteiger partial charge in [0.25, 0.3) is 0 Å². The van der Waals surface area contributed by atoms with Crippen molar-refractivity contribution in [3.8, 4) is 5.75 Å². The highest BCUT2D eigenvalue weighted by atomic mass is 16.3. The molecule has 0 aromatic heterocycles. The smallest absolute Gasteiger partial charge is 0.159 e. The van der Waals surface area contributed by atoms with E-state index in [9.17, 15) is 9.90 Å². The molecule has 0 aliphatic heterocycles. The number of carbonyl (C=O) groups is 1. The zero-order valence-electron chi connectivity index (χ0n) is 12.8. The number of nitrogens with zero attached hydrogens (tertiary/aromatic N) is 1. The second kappa shape index (κ2) is 6.55. The number of phenols is 1. The second-order valence-electron chi connectivity index (χ2n) is 5.50. The lowest BCUT2D eigenvalue weighted by atomic mass is 10.1. The Kier molecular flexibility index (Phi) is 4.76. The average Bonchev–Trinajstić information content (AvgIpc) is 2.43. The minimum Gasteiger partial charge on any atom is -0.508 e. The molecule has 0 heterocycles. The molecular weight excluding hydrogens is 262 g/mol. The Hall–Kier alpha value is -2.13. The van der Waals surface area contributed by atoms with Crippen molar-refractivity contribution >= 4 is 5.78 Å². The van der Waals surface area contributed by atoms with Crippen molar-refractivity contribution in [2.24, 2.45) is 0 Å². The van der Waals surface area contributed by atoms with Crippen LogP contribution in [-0.4, -0.2) is 22.8 Å². The lowest BCUT2D eigenvalue weighted by molar-refractivity contribution is 0.101. The third-order valence-corrected chi connectivity index (χ3v) is 3.63. The molecule has 0 spiro atoms. The SMILES string of the molecule is CC(=O)c1ccc(O)c(CN(C)Cc2ccccc2C)c1. The van der Waals surface area contributed by atoms with Gasteiger partial charge < -0.3 is 5.11 Å². The van der Waals surface area contributed by atoms with Gasteiger partial charge in [0.15, 0.2) is 5.78 Å². The number of carbonyl (C=O) groups excluding carboxylic acids is 1. The first kappa shape index (κ1) is 15.3. The minimum absolute atomic E-state index is 0.0119. The number of hydrogen-bond acceptors (Lipinski definition) is 3. The number of Topliss-reactive ketones (excluding diaryl/α,β-unsaturated/α-hetero) is 1. The summed E-state index contributed by atoms with van der Waals surface area (Å²) >= 11 is 0. The van der Waals surface area contributed by atoms with Crippen LogP contribution >= 0.6 is 0 Å². The molecule has 0 aliphatic rings. The molecule has 3 heteroatoms. The fraction of sp³-hybridized carbons (Fsp3) is 0.278. The van der Waals surface area contributed by atoms with Crippen LogP contribution < -0.4 is 0 Å². The molecule has 2 aromatic carbocycles. The summed E-state index contributed by atoms with van der Waals surface area (Å²) in [5.41, 5.74) is 3.93. The van der Waals surface area contributed by atoms with Gasteiger partial charge in [-0.05, 0) is 50.2 Å². The fourth-order valence-corrected chi connectivity index (χ4v) is 2.36. The first-order valence-corrected chi connectivity index (χ1v) is 7.03. The Bertz CT molecular complexity index is 649. The first-order valence-electron chi connectivity index (χ1n) is 7.03. The van der Waals surface area contributed by atoms with Gasteiger partial charge in [-0.1, -0.05) is 24.3 Å². The van der Waals surface area contributed by atoms with Crippen LogP contribution in [0.1, 0.15) is 34.0 Å². The molecular formula is C18H21NO2. The van der Waals surface area contributed by atoms with E-state index in [1.807, 2.05) is 19.2 Å². The van der Waals surface area contributed by atoms with E-state index in [0.29, 0.717) is 12.1 Å². The van der Waals surface area contributed by atoms with Crippen LogP contribution in [0.25, 0.3) is 0 Å². The molecule has 0 fully saturated rings. The third kappa shape index (κ3) is 3.92. The molecule has 0 radical (unpaired) electrons. The normalized spacial score (nSPS) is 10.9. The number of rotatable bonds is 5. The van der Waals surface area contributed by atoms with Crippen molar-refractivity contribution in [2.75, 3.05) is 7.05 Å². The monoisotopic (exact) mass is 283 g/mol. The van der Waals surface area contributed by atoms with Crippen LogP contribution in [0, 0.1) is 6.92 Å². The van der Waals surface area contributed by atoms with Gasteiger partial charge in [-0.2, -0.15) is 0 Å². The topological polar surface area (TPSA) is 40.5 Å². The standard InChI is InChI=1S/C18H21NO2/c1-13-6-4-5-7-16(13)11-19(3)12-17-10-15(14(2)20)8-9-18(17)21/h4-10,21H,11-12H2,1-3H3. The van der Waals surface area contributed by atoms with Gasteiger partial charge in [-0.25, -0.2) is 0 Å². The molecule has 0 bridgehead atoms. The predicted molar refractivity (Wildman–Crippen MR) is 84.5 cm³/mol. The number of ketones is 1. The van der Waals surface area contributed by atoms with Gasteiger partial charge in [0.2, 0.25) is 0 Å². The van der Waals surface area contributed by atoms with Gasteiger partial charge in [0.1, 0.15) is 5.75 Å². The molecule has 0 amide bonds.